The predicted molar refractivity (Wildman–Crippen MR) is 69.2 cm³/mol. The van der Waals surface area contributed by atoms with E-state index in [1.165, 1.54) is 6.42 Å². The monoisotopic (exact) mass is 235 g/mol. The minimum absolute atomic E-state index is 0.0912. The minimum Gasteiger partial charge on any atom is -0.314 e. The van der Waals surface area contributed by atoms with E-state index in [1.807, 2.05) is 12.3 Å². The zero-order valence-electron chi connectivity index (χ0n) is 10.4. The van der Waals surface area contributed by atoms with Crippen molar-refractivity contribution in [1.29, 1.82) is 0 Å². The van der Waals surface area contributed by atoms with E-state index in [9.17, 15) is 4.79 Å². The topological polar surface area (TPSA) is 37.3 Å². The second-order valence-electron chi connectivity index (χ2n) is 4.74. The molecular formula is C13H21N3O. The van der Waals surface area contributed by atoms with E-state index in [4.69, 9.17) is 0 Å². The molecule has 1 N–H and O–H groups in total. The summed E-state index contributed by atoms with van der Waals surface area (Å²) in [6.45, 7) is 7.25. The van der Waals surface area contributed by atoms with Crippen LogP contribution in [0, 0.1) is 0 Å². The van der Waals surface area contributed by atoms with Crippen molar-refractivity contribution in [2.45, 2.75) is 25.9 Å². The molecule has 1 saturated heterocycles. The lowest BCUT2D eigenvalue weighted by atomic mass is 10.3. The second-order valence-corrected chi connectivity index (χ2v) is 4.74. The van der Waals surface area contributed by atoms with Crippen LogP contribution in [-0.2, 0) is 6.54 Å². The summed E-state index contributed by atoms with van der Waals surface area (Å²) in [5, 5.41) is 3.47. The number of aromatic nitrogens is 1. The Morgan fingerprint density at radius 3 is 3.12 bits per heavy atom. The molecule has 17 heavy (non-hydrogen) atoms. The smallest absolute Gasteiger partial charge is 0.250 e. The van der Waals surface area contributed by atoms with Crippen LogP contribution in [0.5, 0.6) is 0 Å². The summed E-state index contributed by atoms with van der Waals surface area (Å²) in [6.07, 6.45) is 3.05. The van der Waals surface area contributed by atoms with Crippen LogP contribution < -0.4 is 10.9 Å². The predicted octanol–water partition coefficient (Wildman–Crippen LogP) is 0.532. The summed E-state index contributed by atoms with van der Waals surface area (Å²) in [7, 11) is 0. The van der Waals surface area contributed by atoms with Gasteiger partial charge in [0.25, 0.3) is 5.56 Å². The minimum atomic E-state index is 0.0912. The van der Waals surface area contributed by atoms with E-state index in [0.717, 1.165) is 32.7 Å². The van der Waals surface area contributed by atoms with Gasteiger partial charge in [0.05, 0.1) is 0 Å². The Morgan fingerprint density at radius 1 is 1.41 bits per heavy atom. The van der Waals surface area contributed by atoms with E-state index < -0.39 is 0 Å². The van der Waals surface area contributed by atoms with Gasteiger partial charge < -0.3 is 9.88 Å². The van der Waals surface area contributed by atoms with Crippen molar-refractivity contribution >= 4 is 0 Å². The van der Waals surface area contributed by atoms with Gasteiger partial charge in [-0.15, -0.1) is 0 Å². The molecule has 0 bridgehead atoms. The summed E-state index contributed by atoms with van der Waals surface area (Å²) in [5.74, 6) is 0. The molecule has 2 rings (SSSR count). The Morgan fingerprint density at radius 2 is 2.29 bits per heavy atom. The molecule has 0 saturated carbocycles. The molecule has 1 unspecified atom stereocenters. The van der Waals surface area contributed by atoms with Crippen LogP contribution in [0.3, 0.4) is 0 Å². The zero-order chi connectivity index (χ0) is 12.1. The molecular weight excluding hydrogens is 214 g/mol. The van der Waals surface area contributed by atoms with Crippen LogP contribution in [0.2, 0.25) is 0 Å². The first-order valence-electron chi connectivity index (χ1n) is 6.37. The molecule has 0 amide bonds. The first kappa shape index (κ1) is 12.3. The normalized spacial score (nSPS) is 22.3. The summed E-state index contributed by atoms with van der Waals surface area (Å²) >= 11 is 0. The number of hydrogen-bond donors (Lipinski definition) is 1. The Bertz CT molecular complexity index is 402. The molecule has 1 aliphatic rings. The Balaban J connectivity index is 1.89. The third-order valence-corrected chi connectivity index (χ3v) is 3.23. The average molecular weight is 235 g/mol. The molecule has 1 aromatic rings. The van der Waals surface area contributed by atoms with Crippen LogP contribution >= 0.6 is 0 Å². The van der Waals surface area contributed by atoms with E-state index in [-0.39, 0.29) is 5.56 Å². The fraction of sp³-hybridized carbons (Fsp3) is 0.615. The van der Waals surface area contributed by atoms with Gasteiger partial charge >= 0.3 is 0 Å². The van der Waals surface area contributed by atoms with Crippen molar-refractivity contribution in [1.82, 2.24) is 14.8 Å². The second kappa shape index (κ2) is 5.98. The highest BCUT2D eigenvalue weighted by molar-refractivity contribution is 4.93. The maximum Gasteiger partial charge on any atom is 0.250 e. The molecule has 0 spiro atoms. The summed E-state index contributed by atoms with van der Waals surface area (Å²) < 4.78 is 1.78. The molecule has 1 aromatic heterocycles. The molecule has 4 nitrogen and oxygen atoms in total. The molecule has 94 valence electrons. The lowest BCUT2D eigenvalue weighted by Crippen LogP contribution is -2.37. The van der Waals surface area contributed by atoms with Gasteiger partial charge in [-0.25, -0.2) is 0 Å². The van der Waals surface area contributed by atoms with Crippen molar-refractivity contribution in [3.63, 3.8) is 0 Å². The first-order valence-corrected chi connectivity index (χ1v) is 6.37. The van der Waals surface area contributed by atoms with Gasteiger partial charge in [-0.1, -0.05) is 6.07 Å². The van der Waals surface area contributed by atoms with Gasteiger partial charge in [-0.3, -0.25) is 9.69 Å². The first-order chi connectivity index (χ1) is 8.25. The molecule has 2 heterocycles. The van der Waals surface area contributed by atoms with E-state index in [0.29, 0.717) is 6.04 Å². The van der Waals surface area contributed by atoms with Gasteiger partial charge in [0.2, 0.25) is 0 Å². The van der Waals surface area contributed by atoms with Crippen molar-refractivity contribution in [3.8, 4) is 0 Å². The summed E-state index contributed by atoms with van der Waals surface area (Å²) in [5.41, 5.74) is 0.0912. The quantitative estimate of drug-likeness (QED) is 0.830. The van der Waals surface area contributed by atoms with Crippen LogP contribution in [0.1, 0.15) is 13.3 Å². The maximum atomic E-state index is 11.6. The van der Waals surface area contributed by atoms with Gasteiger partial charge in [-0.05, 0) is 32.5 Å². The number of nitrogens with zero attached hydrogens (tertiary/aromatic N) is 2. The van der Waals surface area contributed by atoms with Crippen molar-refractivity contribution in [3.05, 3.63) is 34.7 Å². The van der Waals surface area contributed by atoms with Crippen LogP contribution in [0.15, 0.2) is 29.2 Å². The number of pyridine rings is 1. The highest BCUT2D eigenvalue weighted by Crippen LogP contribution is 2.00. The standard InChI is InChI=1S/C13H21N3O/c1-12-11-15(7-4-6-14-12)9-10-16-8-3-2-5-13(16)17/h2-3,5,8,12,14H,4,6-7,9-11H2,1H3. The number of nitrogens with one attached hydrogen (secondary N) is 1. The van der Waals surface area contributed by atoms with E-state index in [2.05, 4.69) is 17.1 Å². The number of rotatable bonds is 3. The number of hydrogen-bond acceptors (Lipinski definition) is 3. The molecule has 4 heteroatoms. The summed E-state index contributed by atoms with van der Waals surface area (Å²) in [6, 6.07) is 5.86. The third-order valence-electron chi connectivity index (χ3n) is 3.23. The van der Waals surface area contributed by atoms with Crippen molar-refractivity contribution < 1.29 is 0 Å². The lowest BCUT2D eigenvalue weighted by Gasteiger charge is -2.22. The van der Waals surface area contributed by atoms with Crippen molar-refractivity contribution in [2.24, 2.45) is 0 Å². The van der Waals surface area contributed by atoms with Gasteiger partial charge in [0, 0.05) is 37.9 Å². The fourth-order valence-electron chi connectivity index (χ4n) is 2.29. The molecule has 0 radical (unpaired) electrons. The average Bonchev–Trinajstić information content (AvgIpc) is 2.53. The highest BCUT2D eigenvalue weighted by atomic mass is 16.1. The molecule has 1 fully saturated rings. The lowest BCUT2D eigenvalue weighted by molar-refractivity contribution is 0.261. The molecule has 1 atom stereocenters. The van der Waals surface area contributed by atoms with Gasteiger partial charge in [-0.2, -0.15) is 0 Å². The van der Waals surface area contributed by atoms with Crippen molar-refractivity contribution in [2.75, 3.05) is 26.2 Å². The Hall–Kier alpha value is -1.13. The maximum absolute atomic E-state index is 11.6. The molecule has 1 aliphatic heterocycles. The van der Waals surface area contributed by atoms with Crippen LogP contribution in [0.4, 0.5) is 0 Å². The van der Waals surface area contributed by atoms with Gasteiger partial charge in [0.1, 0.15) is 0 Å². The van der Waals surface area contributed by atoms with Gasteiger partial charge in [0.15, 0.2) is 0 Å². The third kappa shape index (κ3) is 3.68. The Kier molecular flexibility index (Phi) is 4.34. The van der Waals surface area contributed by atoms with E-state index >= 15 is 0 Å². The highest BCUT2D eigenvalue weighted by Gasteiger charge is 2.13. The fourth-order valence-corrected chi connectivity index (χ4v) is 2.29. The zero-order valence-corrected chi connectivity index (χ0v) is 10.4. The molecule has 0 aromatic carbocycles. The summed E-state index contributed by atoms with van der Waals surface area (Å²) in [4.78, 5) is 14.0. The molecule has 0 aliphatic carbocycles. The van der Waals surface area contributed by atoms with Crippen LogP contribution in [0.25, 0.3) is 0 Å². The Labute approximate surface area is 102 Å². The van der Waals surface area contributed by atoms with E-state index in [1.54, 1.807) is 16.7 Å². The van der Waals surface area contributed by atoms with Crippen LogP contribution in [-0.4, -0.2) is 41.7 Å². The SMILES string of the molecule is CC1CN(CCn2ccccc2=O)CCCN1. The largest absolute Gasteiger partial charge is 0.314 e.